The highest BCUT2D eigenvalue weighted by molar-refractivity contribution is 6.12. The summed E-state index contributed by atoms with van der Waals surface area (Å²) < 4.78 is 0. The number of hydrogen-bond acceptors (Lipinski definition) is 8. The molecule has 0 radical (unpaired) electrons. The molecule has 8 nitrogen and oxygen atoms in total. The normalized spacial score (nSPS) is 10.1. The third-order valence-corrected chi connectivity index (χ3v) is 4.92. The van der Waals surface area contributed by atoms with Crippen LogP contribution in [0.25, 0.3) is 0 Å². The lowest BCUT2D eigenvalue weighted by Crippen LogP contribution is -2.12. The zero-order valence-electron chi connectivity index (χ0n) is 19.2. The Labute approximate surface area is 207 Å². The van der Waals surface area contributed by atoms with Crippen LogP contribution < -0.4 is 0 Å². The van der Waals surface area contributed by atoms with Crippen molar-refractivity contribution in [2.75, 3.05) is 0 Å². The van der Waals surface area contributed by atoms with Gasteiger partial charge in [-0.05, 0) is 24.3 Å². The summed E-state index contributed by atoms with van der Waals surface area (Å²) in [6.45, 7) is 0. The highest BCUT2D eigenvalue weighted by Crippen LogP contribution is 2.12. The highest BCUT2D eigenvalue weighted by atomic mass is 16.7. The fourth-order valence-electron chi connectivity index (χ4n) is 3.18. The van der Waals surface area contributed by atoms with Crippen molar-refractivity contribution < 1.29 is 19.3 Å². The van der Waals surface area contributed by atoms with Crippen LogP contribution in [0.2, 0.25) is 0 Å². The zero-order valence-corrected chi connectivity index (χ0v) is 19.2. The van der Waals surface area contributed by atoms with Crippen molar-refractivity contribution in [1.29, 1.82) is 0 Å². The molecule has 0 N–H and O–H groups in total. The highest BCUT2D eigenvalue weighted by Gasteiger charge is 2.15. The van der Waals surface area contributed by atoms with Gasteiger partial charge in [0.2, 0.25) is 0 Å². The molecule has 2 aromatic heterocycles. The molecule has 0 saturated carbocycles. The van der Waals surface area contributed by atoms with Gasteiger partial charge in [0.05, 0.1) is 24.2 Å². The minimum Gasteiger partial charge on any atom is -0.318 e. The summed E-state index contributed by atoms with van der Waals surface area (Å²) in [5, 5.41) is 8.02. The van der Waals surface area contributed by atoms with E-state index in [4.69, 9.17) is 9.68 Å². The Balaban J connectivity index is 1.39. The molecule has 0 atom stereocenters. The molecule has 2 aromatic carbocycles. The van der Waals surface area contributed by atoms with Gasteiger partial charge in [-0.2, -0.15) is 0 Å². The maximum Gasteiger partial charge on any atom is 0.335 e. The van der Waals surface area contributed by atoms with E-state index in [-0.39, 0.29) is 12.8 Å². The maximum absolute atomic E-state index is 12.3. The average molecular weight is 479 g/mol. The lowest BCUT2D eigenvalue weighted by atomic mass is 10.0. The van der Waals surface area contributed by atoms with Crippen LogP contribution in [-0.2, 0) is 19.3 Å². The van der Waals surface area contributed by atoms with Gasteiger partial charge in [0, 0.05) is 23.5 Å². The fraction of sp³-hybridized carbons (Fsp3) is 0.0714. The summed E-state index contributed by atoms with van der Waals surface area (Å²) in [6, 6.07) is 29.3. The van der Waals surface area contributed by atoms with Crippen LogP contribution in [0.15, 0.2) is 120 Å². The lowest BCUT2D eigenvalue weighted by Gasteiger charge is -2.07. The molecule has 0 unspecified atom stereocenters. The molecule has 0 bridgehead atoms. The van der Waals surface area contributed by atoms with Gasteiger partial charge in [0.1, 0.15) is 5.71 Å². The monoisotopic (exact) mass is 478 g/mol. The van der Waals surface area contributed by atoms with E-state index in [1.165, 1.54) is 0 Å². The van der Waals surface area contributed by atoms with Gasteiger partial charge >= 0.3 is 11.9 Å². The van der Waals surface area contributed by atoms with E-state index in [9.17, 15) is 9.59 Å². The van der Waals surface area contributed by atoms with Crippen molar-refractivity contribution in [2.24, 2.45) is 10.3 Å². The molecule has 178 valence electrons. The second-order valence-electron chi connectivity index (χ2n) is 7.47. The Hall–Kier alpha value is -4.98. The summed E-state index contributed by atoms with van der Waals surface area (Å²) in [6.07, 6.45) is 2.75. The maximum atomic E-state index is 12.3. The van der Waals surface area contributed by atoms with E-state index in [0.29, 0.717) is 22.8 Å². The molecule has 4 aromatic rings. The number of pyridine rings is 2. The number of carbonyl (C=O) groups excluding carboxylic acids is 2. The first-order valence-electron chi connectivity index (χ1n) is 11.2. The number of carbonyl (C=O) groups is 2. The van der Waals surface area contributed by atoms with Crippen LogP contribution in [-0.4, -0.2) is 33.3 Å². The Bertz CT molecular complexity index is 1150. The molecule has 0 aliphatic heterocycles. The molecule has 0 saturated heterocycles. The molecular weight excluding hydrogens is 456 g/mol. The summed E-state index contributed by atoms with van der Waals surface area (Å²) in [7, 11) is 0. The largest absolute Gasteiger partial charge is 0.335 e. The van der Waals surface area contributed by atoms with Crippen molar-refractivity contribution in [1.82, 2.24) is 9.97 Å². The van der Waals surface area contributed by atoms with E-state index >= 15 is 0 Å². The Kier molecular flexibility index (Phi) is 8.37. The van der Waals surface area contributed by atoms with Crippen molar-refractivity contribution in [3.8, 4) is 0 Å². The molecule has 0 amide bonds. The predicted molar refractivity (Wildman–Crippen MR) is 134 cm³/mol. The van der Waals surface area contributed by atoms with Crippen LogP contribution in [0, 0.1) is 0 Å². The van der Waals surface area contributed by atoms with Gasteiger partial charge in [-0.1, -0.05) is 83.1 Å². The molecule has 36 heavy (non-hydrogen) atoms. The van der Waals surface area contributed by atoms with E-state index in [2.05, 4.69) is 20.3 Å². The minimum absolute atomic E-state index is 0.225. The van der Waals surface area contributed by atoms with Crippen LogP contribution >= 0.6 is 0 Å². The summed E-state index contributed by atoms with van der Waals surface area (Å²) in [5.74, 6) is -1.37. The quantitative estimate of drug-likeness (QED) is 0.199. The minimum atomic E-state index is -0.702. The summed E-state index contributed by atoms with van der Waals surface area (Å²) >= 11 is 0. The van der Waals surface area contributed by atoms with Crippen LogP contribution in [0.4, 0.5) is 0 Å². The molecule has 0 aliphatic rings. The Morgan fingerprint density at radius 3 is 1.39 bits per heavy atom. The van der Waals surface area contributed by atoms with Crippen molar-refractivity contribution in [3.63, 3.8) is 0 Å². The Morgan fingerprint density at radius 1 is 0.556 bits per heavy atom. The molecule has 2 heterocycles. The van der Waals surface area contributed by atoms with E-state index in [0.717, 1.165) is 11.1 Å². The smallest absolute Gasteiger partial charge is 0.318 e. The van der Waals surface area contributed by atoms with Crippen molar-refractivity contribution in [3.05, 3.63) is 132 Å². The van der Waals surface area contributed by atoms with Crippen LogP contribution in [0.1, 0.15) is 35.4 Å². The van der Waals surface area contributed by atoms with Gasteiger partial charge in [-0.15, -0.1) is 0 Å². The molecule has 8 heteroatoms. The number of benzene rings is 2. The zero-order chi connectivity index (χ0) is 25.0. The van der Waals surface area contributed by atoms with Crippen LogP contribution in [0.3, 0.4) is 0 Å². The number of oxime groups is 2. The second kappa shape index (κ2) is 12.5. The van der Waals surface area contributed by atoms with E-state index < -0.39 is 11.9 Å². The number of aromatic nitrogens is 2. The van der Waals surface area contributed by atoms with Gasteiger partial charge in [-0.25, -0.2) is 9.59 Å². The molecule has 0 fully saturated rings. The topological polar surface area (TPSA) is 103 Å². The van der Waals surface area contributed by atoms with Gasteiger partial charge < -0.3 is 9.68 Å². The molecule has 4 rings (SSSR count). The van der Waals surface area contributed by atoms with Crippen molar-refractivity contribution in [2.45, 2.75) is 12.8 Å². The van der Waals surface area contributed by atoms with Gasteiger partial charge in [-0.3, -0.25) is 9.97 Å². The molecular formula is C28H22N4O4. The predicted octanol–water partition coefficient (Wildman–Crippen LogP) is 4.55. The first-order valence-corrected chi connectivity index (χ1v) is 11.2. The number of rotatable bonds is 9. The first kappa shape index (κ1) is 24.2. The summed E-state index contributed by atoms with van der Waals surface area (Å²) in [4.78, 5) is 43.2. The van der Waals surface area contributed by atoms with Gasteiger partial charge in [0.25, 0.3) is 0 Å². The number of nitrogens with zero attached hydrogens (tertiary/aromatic N) is 4. The standard InChI is InChI=1S/C28H22N4O4/c33-25(35-31-27(21-11-3-1-4-12-21)22-13-5-2-6-14-22)17-18-26(34)36-32-28(23-15-7-9-19-29-23)24-16-8-10-20-30-24/h1-16,19-20H,17-18H2. The lowest BCUT2D eigenvalue weighted by molar-refractivity contribution is -0.150. The average Bonchev–Trinajstić information content (AvgIpc) is 2.94. The first-order chi connectivity index (χ1) is 17.7. The second-order valence-corrected chi connectivity index (χ2v) is 7.47. The third kappa shape index (κ3) is 6.77. The fourth-order valence-corrected chi connectivity index (χ4v) is 3.18. The van der Waals surface area contributed by atoms with E-state index in [1.807, 2.05) is 60.7 Å². The Morgan fingerprint density at radius 2 is 0.972 bits per heavy atom. The van der Waals surface area contributed by atoms with Crippen LogP contribution in [0.5, 0.6) is 0 Å². The van der Waals surface area contributed by atoms with Crippen molar-refractivity contribution >= 4 is 23.4 Å². The van der Waals surface area contributed by atoms with Gasteiger partial charge in [0.15, 0.2) is 5.71 Å². The summed E-state index contributed by atoms with van der Waals surface area (Å²) in [5.41, 5.74) is 3.38. The third-order valence-electron chi connectivity index (χ3n) is 4.92. The molecule has 0 aliphatic carbocycles. The number of hydrogen-bond donors (Lipinski definition) is 0. The SMILES string of the molecule is O=C(CCC(=O)ON=C(c1ccccn1)c1ccccn1)ON=C(c1ccccc1)c1ccccc1. The molecule has 0 spiro atoms. The van der Waals surface area contributed by atoms with E-state index in [1.54, 1.807) is 48.8 Å².